The van der Waals surface area contributed by atoms with E-state index in [1.54, 1.807) is 6.07 Å². The topological polar surface area (TPSA) is 73.1 Å². The van der Waals surface area contributed by atoms with Crippen LogP contribution in [0.1, 0.15) is 24.2 Å². The summed E-state index contributed by atoms with van der Waals surface area (Å²) in [5.74, 6) is 1.96. The summed E-state index contributed by atoms with van der Waals surface area (Å²) in [7, 11) is 0. The van der Waals surface area contributed by atoms with Crippen LogP contribution in [0.4, 0.5) is 5.82 Å². The molecule has 0 bridgehead atoms. The van der Waals surface area contributed by atoms with Gasteiger partial charge in [-0.2, -0.15) is 0 Å². The molecule has 19 heavy (non-hydrogen) atoms. The Hall–Kier alpha value is -1.66. The Balaban J connectivity index is 2.01. The second-order valence-electron chi connectivity index (χ2n) is 3.91. The lowest BCUT2D eigenvalue weighted by Gasteiger charge is -2.06. The van der Waals surface area contributed by atoms with Gasteiger partial charge < -0.3 is 14.6 Å². The Kier molecular flexibility index (Phi) is 4.70. The number of hydrogen-bond donors (Lipinski definition) is 1. The molecule has 2 heterocycles. The molecule has 0 saturated carbocycles. The number of rotatable bonds is 6. The number of hydrogen-bond acceptors (Lipinski definition) is 6. The van der Waals surface area contributed by atoms with Crippen LogP contribution < -0.4 is 5.32 Å². The maximum Gasteiger partial charge on any atom is 0.158 e. The van der Waals surface area contributed by atoms with Gasteiger partial charge in [0.15, 0.2) is 5.82 Å². The summed E-state index contributed by atoms with van der Waals surface area (Å²) in [5.41, 5.74) is 0.804. The highest BCUT2D eigenvalue weighted by Crippen LogP contribution is 2.13. The van der Waals surface area contributed by atoms with Crippen LogP contribution >= 0.6 is 11.6 Å². The van der Waals surface area contributed by atoms with E-state index in [1.807, 2.05) is 19.9 Å². The molecule has 7 heteroatoms. The number of anilines is 1. The van der Waals surface area contributed by atoms with Gasteiger partial charge in [0.2, 0.25) is 0 Å². The van der Waals surface area contributed by atoms with Gasteiger partial charge in [0.05, 0.1) is 6.54 Å². The lowest BCUT2D eigenvalue weighted by Crippen LogP contribution is -2.06. The van der Waals surface area contributed by atoms with Crippen molar-refractivity contribution in [1.82, 2.24) is 15.1 Å². The first-order valence-corrected chi connectivity index (χ1v) is 6.32. The standard InChI is InChI=1S/C12H15ClN4O2/c1-3-18-7-12-15-10(13)5-11(16-12)14-6-9-4-8(2)19-17-9/h4-5H,3,6-7H2,1-2H3,(H,14,15,16). The van der Waals surface area contributed by atoms with Gasteiger partial charge in [-0.05, 0) is 13.8 Å². The zero-order chi connectivity index (χ0) is 13.7. The van der Waals surface area contributed by atoms with Crippen molar-refractivity contribution in [2.24, 2.45) is 0 Å². The smallest absolute Gasteiger partial charge is 0.158 e. The highest BCUT2D eigenvalue weighted by molar-refractivity contribution is 6.29. The maximum atomic E-state index is 5.93. The molecule has 2 aromatic heterocycles. The van der Waals surface area contributed by atoms with E-state index in [2.05, 4.69) is 20.4 Å². The molecule has 0 amide bonds. The molecule has 0 unspecified atom stereocenters. The molecule has 0 saturated heterocycles. The average Bonchev–Trinajstić information content (AvgIpc) is 2.79. The molecule has 0 fully saturated rings. The fourth-order valence-electron chi connectivity index (χ4n) is 1.50. The Morgan fingerprint density at radius 3 is 2.89 bits per heavy atom. The highest BCUT2D eigenvalue weighted by atomic mass is 35.5. The van der Waals surface area contributed by atoms with Crippen molar-refractivity contribution in [2.75, 3.05) is 11.9 Å². The van der Waals surface area contributed by atoms with Crippen molar-refractivity contribution < 1.29 is 9.26 Å². The molecular formula is C12H15ClN4O2. The zero-order valence-corrected chi connectivity index (χ0v) is 11.6. The summed E-state index contributed by atoms with van der Waals surface area (Å²) in [6.45, 7) is 5.22. The second kappa shape index (κ2) is 6.49. The fourth-order valence-corrected chi connectivity index (χ4v) is 1.70. The monoisotopic (exact) mass is 282 g/mol. The largest absolute Gasteiger partial charge is 0.374 e. The number of halogens is 1. The van der Waals surface area contributed by atoms with Crippen LogP contribution in [0.3, 0.4) is 0 Å². The van der Waals surface area contributed by atoms with E-state index in [0.717, 1.165) is 11.5 Å². The van der Waals surface area contributed by atoms with Crippen LogP contribution in [0.5, 0.6) is 0 Å². The predicted molar refractivity (Wildman–Crippen MR) is 70.9 cm³/mol. The number of aromatic nitrogens is 3. The van der Waals surface area contributed by atoms with Crippen LogP contribution in [-0.2, 0) is 17.9 Å². The molecule has 0 aliphatic heterocycles. The minimum absolute atomic E-state index is 0.342. The molecule has 102 valence electrons. The number of ether oxygens (including phenoxy) is 1. The van der Waals surface area contributed by atoms with E-state index in [1.165, 1.54) is 0 Å². The SMILES string of the molecule is CCOCc1nc(Cl)cc(NCc2cc(C)on2)n1. The minimum Gasteiger partial charge on any atom is -0.374 e. The molecule has 0 atom stereocenters. The van der Waals surface area contributed by atoms with Gasteiger partial charge in [0.25, 0.3) is 0 Å². The highest BCUT2D eigenvalue weighted by Gasteiger charge is 2.05. The minimum atomic E-state index is 0.342. The van der Waals surface area contributed by atoms with Crippen molar-refractivity contribution in [1.29, 1.82) is 0 Å². The Morgan fingerprint density at radius 1 is 1.37 bits per heavy atom. The summed E-state index contributed by atoms with van der Waals surface area (Å²) in [5, 5.41) is 7.38. The van der Waals surface area contributed by atoms with Gasteiger partial charge in [0, 0.05) is 18.7 Å². The summed E-state index contributed by atoms with van der Waals surface area (Å²) in [6, 6.07) is 3.51. The molecule has 0 aliphatic carbocycles. The first-order valence-electron chi connectivity index (χ1n) is 5.94. The van der Waals surface area contributed by atoms with Crippen molar-refractivity contribution in [2.45, 2.75) is 27.0 Å². The number of nitrogens with one attached hydrogen (secondary N) is 1. The molecule has 2 rings (SSSR count). The van der Waals surface area contributed by atoms with Gasteiger partial charge in [-0.3, -0.25) is 0 Å². The van der Waals surface area contributed by atoms with Crippen LogP contribution in [0.15, 0.2) is 16.7 Å². The van der Waals surface area contributed by atoms with Gasteiger partial charge in [-0.25, -0.2) is 9.97 Å². The number of aryl methyl sites for hydroxylation is 1. The van der Waals surface area contributed by atoms with Crippen LogP contribution in [0, 0.1) is 6.92 Å². The summed E-state index contributed by atoms with van der Waals surface area (Å²) >= 11 is 5.93. The maximum absolute atomic E-state index is 5.93. The van der Waals surface area contributed by atoms with E-state index in [4.69, 9.17) is 20.9 Å². The second-order valence-corrected chi connectivity index (χ2v) is 4.30. The molecular weight excluding hydrogens is 268 g/mol. The van der Waals surface area contributed by atoms with E-state index >= 15 is 0 Å². The van der Waals surface area contributed by atoms with Gasteiger partial charge >= 0.3 is 0 Å². The zero-order valence-electron chi connectivity index (χ0n) is 10.8. The lowest BCUT2D eigenvalue weighted by molar-refractivity contribution is 0.128. The Bertz CT molecular complexity index is 544. The first-order chi connectivity index (χ1) is 9.17. The molecule has 1 N–H and O–H groups in total. The lowest BCUT2D eigenvalue weighted by atomic mass is 10.4. The van der Waals surface area contributed by atoms with E-state index in [-0.39, 0.29) is 0 Å². The number of nitrogens with zero attached hydrogens (tertiary/aromatic N) is 3. The molecule has 0 aromatic carbocycles. The van der Waals surface area contributed by atoms with Crippen molar-refractivity contribution in [3.8, 4) is 0 Å². The molecule has 0 radical (unpaired) electrons. The summed E-state index contributed by atoms with van der Waals surface area (Å²) < 4.78 is 10.2. The molecule has 0 spiro atoms. The molecule has 2 aromatic rings. The normalized spacial score (nSPS) is 10.7. The molecule has 0 aliphatic rings. The van der Waals surface area contributed by atoms with Crippen molar-refractivity contribution in [3.63, 3.8) is 0 Å². The average molecular weight is 283 g/mol. The third-order valence-corrected chi connectivity index (χ3v) is 2.50. The van der Waals surface area contributed by atoms with Gasteiger partial charge in [0.1, 0.15) is 29.0 Å². The van der Waals surface area contributed by atoms with Crippen LogP contribution in [-0.4, -0.2) is 21.7 Å². The van der Waals surface area contributed by atoms with Crippen LogP contribution in [0.25, 0.3) is 0 Å². The predicted octanol–water partition coefficient (Wildman–Crippen LogP) is 2.58. The van der Waals surface area contributed by atoms with Crippen molar-refractivity contribution >= 4 is 17.4 Å². The summed E-state index contributed by atoms with van der Waals surface area (Å²) in [4.78, 5) is 8.39. The Labute approximate surface area is 116 Å². The van der Waals surface area contributed by atoms with E-state index in [0.29, 0.717) is 36.6 Å². The van der Waals surface area contributed by atoms with Gasteiger partial charge in [-0.1, -0.05) is 16.8 Å². The van der Waals surface area contributed by atoms with Crippen molar-refractivity contribution in [3.05, 3.63) is 34.6 Å². The third-order valence-electron chi connectivity index (χ3n) is 2.30. The first kappa shape index (κ1) is 13.8. The van der Waals surface area contributed by atoms with E-state index < -0.39 is 0 Å². The molecule has 6 nitrogen and oxygen atoms in total. The van der Waals surface area contributed by atoms with Crippen LogP contribution in [0.2, 0.25) is 5.15 Å². The van der Waals surface area contributed by atoms with Gasteiger partial charge in [-0.15, -0.1) is 0 Å². The Morgan fingerprint density at radius 2 is 2.21 bits per heavy atom. The van der Waals surface area contributed by atoms with E-state index in [9.17, 15) is 0 Å². The quantitative estimate of drug-likeness (QED) is 0.821. The fraction of sp³-hybridized carbons (Fsp3) is 0.417. The third kappa shape index (κ3) is 4.18. The summed E-state index contributed by atoms with van der Waals surface area (Å²) in [6.07, 6.45) is 0.